The van der Waals surface area contributed by atoms with Gasteiger partial charge in [0, 0.05) is 10.7 Å². The van der Waals surface area contributed by atoms with E-state index in [9.17, 15) is 9.59 Å². The molecule has 2 atom stereocenters. The van der Waals surface area contributed by atoms with Crippen molar-refractivity contribution >= 4 is 29.3 Å². The van der Waals surface area contributed by atoms with Crippen LogP contribution in [0.4, 0.5) is 10.5 Å². The molecular weight excluding hydrogens is 352 g/mol. The van der Waals surface area contributed by atoms with Crippen LogP contribution in [0, 0.1) is 0 Å². The van der Waals surface area contributed by atoms with E-state index in [-0.39, 0.29) is 11.9 Å². The number of nitrogens with zero attached hydrogens (tertiary/aromatic N) is 1. The molecule has 0 saturated carbocycles. The van der Waals surface area contributed by atoms with Gasteiger partial charge in [0.2, 0.25) is 5.91 Å². The van der Waals surface area contributed by atoms with Gasteiger partial charge in [-0.3, -0.25) is 9.69 Å². The van der Waals surface area contributed by atoms with Crippen molar-refractivity contribution in [2.75, 3.05) is 5.32 Å². The highest BCUT2D eigenvalue weighted by atomic mass is 35.5. The summed E-state index contributed by atoms with van der Waals surface area (Å²) in [5, 5.41) is 3.42. The normalized spacial score (nSPS) is 19.0. The number of anilines is 1. The number of halogens is 1. The van der Waals surface area contributed by atoms with Crippen LogP contribution in [-0.2, 0) is 9.53 Å². The van der Waals surface area contributed by atoms with E-state index in [4.69, 9.17) is 16.3 Å². The minimum atomic E-state index is -0.627. The molecule has 2 amide bonds. The third-order valence-corrected chi connectivity index (χ3v) is 4.19. The van der Waals surface area contributed by atoms with Gasteiger partial charge < -0.3 is 10.1 Å². The average Bonchev–Trinajstić information content (AvgIpc) is 3.32. The first kappa shape index (κ1) is 18.3. The molecule has 0 radical (unpaired) electrons. The Morgan fingerprint density at radius 3 is 2.23 bits per heavy atom. The number of hydrogen-bond acceptors (Lipinski definition) is 3. The Morgan fingerprint density at radius 1 is 1.04 bits per heavy atom. The van der Waals surface area contributed by atoms with Crippen LogP contribution in [0.2, 0.25) is 5.02 Å². The van der Waals surface area contributed by atoms with Crippen molar-refractivity contribution < 1.29 is 14.3 Å². The number of nitrogens with one attached hydrogen (secondary N) is 1. The van der Waals surface area contributed by atoms with Crippen molar-refractivity contribution in [1.82, 2.24) is 4.90 Å². The van der Waals surface area contributed by atoms with Crippen LogP contribution < -0.4 is 5.32 Å². The Hall–Kier alpha value is -2.53. The second-order valence-electron chi connectivity index (χ2n) is 7.18. The summed E-state index contributed by atoms with van der Waals surface area (Å²) in [5.41, 5.74) is 0.898. The Bertz CT molecular complexity index is 800. The molecular formula is C20H21ClN2O3. The van der Waals surface area contributed by atoms with Crippen molar-refractivity contribution in [1.29, 1.82) is 0 Å². The zero-order valence-corrected chi connectivity index (χ0v) is 15.7. The van der Waals surface area contributed by atoms with E-state index < -0.39 is 17.7 Å². The zero-order chi connectivity index (χ0) is 18.9. The topological polar surface area (TPSA) is 58.4 Å². The number of ether oxygens (including phenoxy) is 1. The molecule has 0 aliphatic carbocycles. The Labute approximate surface area is 157 Å². The summed E-state index contributed by atoms with van der Waals surface area (Å²) in [5.74, 6) is -0.257. The minimum absolute atomic E-state index is 0.257. The number of carbonyl (C=O) groups is 2. The highest BCUT2D eigenvalue weighted by molar-refractivity contribution is 6.30. The fourth-order valence-corrected chi connectivity index (χ4v) is 2.91. The van der Waals surface area contributed by atoms with E-state index in [1.54, 1.807) is 45.0 Å². The number of amides is 2. The molecule has 0 bridgehead atoms. The summed E-state index contributed by atoms with van der Waals surface area (Å²) in [7, 11) is 0. The van der Waals surface area contributed by atoms with Gasteiger partial charge in [0.25, 0.3) is 0 Å². The first-order chi connectivity index (χ1) is 12.3. The molecule has 6 heteroatoms. The quantitative estimate of drug-likeness (QED) is 0.798. The molecule has 0 unspecified atom stereocenters. The summed E-state index contributed by atoms with van der Waals surface area (Å²) < 4.78 is 5.45. The molecule has 136 valence electrons. The van der Waals surface area contributed by atoms with Crippen molar-refractivity contribution in [3.63, 3.8) is 0 Å². The summed E-state index contributed by atoms with van der Waals surface area (Å²) in [6.07, 6.45) is -0.498. The monoisotopic (exact) mass is 372 g/mol. The summed E-state index contributed by atoms with van der Waals surface area (Å²) >= 11 is 5.87. The average molecular weight is 373 g/mol. The van der Waals surface area contributed by atoms with Gasteiger partial charge in [-0.25, -0.2) is 4.79 Å². The van der Waals surface area contributed by atoms with Crippen LogP contribution in [-0.4, -0.2) is 28.5 Å². The number of rotatable bonds is 3. The third-order valence-electron chi connectivity index (χ3n) is 3.93. The van der Waals surface area contributed by atoms with Crippen LogP contribution in [0.3, 0.4) is 0 Å². The van der Waals surface area contributed by atoms with Crippen LogP contribution in [0.25, 0.3) is 0 Å². The lowest BCUT2D eigenvalue weighted by Crippen LogP contribution is -2.30. The van der Waals surface area contributed by atoms with Gasteiger partial charge in [-0.05, 0) is 50.6 Å². The maximum atomic E-state index is 12.7. The molecule has 0 aromatic heterocycles. The van der Waals surface area contributed by atoms with Crippen LogP contribution in [0.1, 0.15) is 32.4 Å². The standard InChI is InChI=1S/C20H21ClN2O3/c1-20(2,3)26-19(25)23-16(13-7-5-4-6-8-13)17(23)18(24)22-15-11-9-14(21)10-12-15/h4-12,16-17H,1-3H3,(H,22,24)/t16-,17+,23?/m1/s1. The molecule has 1 heterocycles. The van der Waals surface area contributed by atoms with E-state index in [1.807, 2.05) is 30.3 Å². The highest BCUT2D eigenvalue weighted by Gasteiger charge is 2.57. The molecule has 3 rings (SSSR count). The summed E-state index contributed by atoms with van der Waals surface area (Å²) in [4.78, 5) is 26.7. The van der Waals surface area contributed by atoms with Crippen molar-refractivity contribution in [2.45, 2.75) is 38.5 Å². The maximum Gasteiger partial charge on any atom is 0.411 e. The molecule has 5 nitrogen and oxygen atoms in total. The Kier molecular flexibility index (Phi) is 4.92. The lowest BCUT2D eigenvalue weighted by Gasteiger charge is -2.20. The predicted molar refractivity (Wildman–Crippen MR) is 101 cm³/mol. The molecule has 1 N–H and O–H groups in total. The van der Waals surface area contributed by atoms with Gasteiger partial charge in [0.1, 0.15) is 11.6 Å². The lowest BCUT2D eigenvalue weighted by molar-refractivity contribution is -0.116. The highest BCUT2D eigenvalue weighted by Crippen LogP contribution is 2.44. The molecule has 26 heavy (non-hydrogen) atoms. The molecule has 1 fully saturated rings. The molecule has 1 aliphatic heterocycles. The minimum Gasteiger partial charge on any atom is -0.444 e. The maximum absolute atomic E-state index is 12.7. The van der Waals surface area contributed by atoms with Gasteiger partial charge in [0.05, 0.1) is 6.04 Å². The van der Waals surface area contributed by atoms with Gasteiger partial charge in [-0.15, -0.1) is 0 Å². The fraction of sp³-hybridized carbons (Fsp3) is 0.300. The van der Waals surface area contributed by atoms with Crippen LogP contribution >= 0.6 is 11.6 Å². The van der Waals surface area contributed by atoms with E-state index in [1.165, 1.54) is 4.90 Å². The van der Waals surface area contributed by atoms with Crippen LogP contribution in [0.15, 0.2) is 54.6 Å². The van der Waals surface area contributed by atoms with Crippen molar-refractivity contribution in [3.8, 4) is 0 Å². The van der Waals surface area contributed by atoms with Gasteiger partial charge >= 0.3 is 6.09 Å². The molecule has 2 aromatic rings. The molecule has 1 saturated heterocycles. The predicted octanol–water partition coefficient (Wildman–Crippen LogP) is 4.64. The number of benzene rings is 2. The number of carbonyl (C=O) groups excluding carboxylic acids is 2. The van der Waals surface area contributed by atoms with Gasteiger partial charge in [-0.1, -0.05) is 41.9 Å². The van der Waals surface area contributed by atoms with Crippen LogP contribution in [0.5, 0.6) is 0 Å². The Morgan fingerprint density at radius 2 is 1.65 bits per heavy atom. The van der Waals surface area contributed by atoms with E-state index in [2.05, 4.69) is 5.32 Å². The molecule has 2 aromatic carbocycles. The van der Waals surface area contributed by atoms with Crippen molar-refractivity contribution in [2.24, 2.45) is 0 Å². The second-order valence-corrected chi connectivity index (χ2v) is 7.62. The third kappa shape index (κ3) is 4.17. The second kappa shape index (κ2) is 7.00. The molecule has 1 aliphatic rings. The van der Waals surface area contributed by atoms with E-state index in [0.29, 0.717) is 10.7 Å². The van der Waals surface area contributed by atoms with Gasteiger partial charge in [-0.2, -0.15) is 0 Å². The lowest BCUT2D eigenvalue weighted by atomic mass is 10.1. The summed E-state index contributed by atoms with van der Waals surface area (Å²) in [6.45, 7) is 5.40. The Balaban J connectivity index is 1.79. The van der Waals surface area contributed by atoms with E-state index in [0.717, 1.165) is 5.56 Å². The van der Waals surface area contributed by atoms with Crippen molar-refractivity contribution in [3.05, 3.63) is 65.2 Å². The SMILES string of the molecule is CC(C)(C)OC(=O)N1[C@H](C(=O)Nc2ccc(Cl)cc2)[C@H]1c1ccccc1. The first-order valence-corrected chi connectivity index (χ1v) is 8.77. The first-order valence-electron chi connectivity index (χ1n) is 8.39. The molecule has 0 spiro atoms. The largest absolute Gasteiger partial charge is 0.444 e. The number of hydrogen-bond donors (Lipinski definition) is 1. The van der Waals surface area contributed by atoms with E-state index >= 15 is 0 Å². The van der Waals surface area contributed by atoms with Gasteiger partial charge in [0.15, 0.2) is 0 Å². The summed E-state index contributed by atoms with van der Waals surface area (Å²) in [6, 6.07) is 15.4. The zero-order valence-electron chi connectivity index (χ0n) is 14.9. The smallest absolute Gasteiger partial charge is 0.411 e. The fourth-order valence-electron chi connectivity index (χ4n) is 2.79.